The van der Waals surface area contributed by atoms with Crippen LogP contribution >= 0.6 is 0 Å². The van der Waals surface area contributed by atoms with Gasteiger partial charge in [0, 0.05) is 31.2 Å². The van der Waals surface area contributed by atoms with E-state index in [1.165, 1.54) is 0 Å². The molecule has 1 N–H and O–H groups in total. The predicted octanol–water partition coefficient (Wildman–Crippen LogP) is 1.28. The molecule has 0 fully saturated rings. The van der Waals surface area contributed by atoms with Crippen molar-refractivity contribution in [1.82, 2.24) is 20.0 Å². The maximum absolute atomic E-state index is 4.46. The van der Waals surface area contributed by atoms with E-state index in [1.54, 1.807) is 0 Å². The normalized spacial score (nSPS) is 14.3. The van der Waals surface area contributed by atoms with Crippen LogP contribution in [-0.2, 0) is 13.5 Å². The Hall–Kier alpha value is -0.870. The molecule has 0 aliphatic heterocycles. The highest BCUT2D eigenvalue weighted by Gasteiger charge is 2.31. The molecule has 0 spiro atoms. The number of aromatic nitrogens is 2. The van der Waals surface area contributed by atoms with Crippen LogP contribution in [0.15, 0.2) is 12.3 Å². The largest absolute Gasteiger partial charge is 0.312 e. The number of nitrogens with one attached hydrogen (secondary N) is 1. The maximum Gasteiger partial charge on any atom is 0.0640 e. The molecule has 0 aliphatic carbocycles. The fraction of sp³-hybridized carbons (Fsp3) is 0.769. The van der Waals surface area contributed by atoms with Crippen LogP contribution in [0.25, 0.3) is 0 Å². The Balaban J connectivity index is 2.79. The lowest BCUT2D eigenvalue weighted by molar-refractivity contribution is 0.137. The summed E-state index contributed by atoms with van der Waals surface area (Å²) in [5, 5.41) is 8.03. The molecule has 0 amide bonds. The third-order valence-electron chi connectivity index (χ3n) is 3.64. The lowest BCUT2D eigenvalue weighted by Gasteiger charge is -2.40. The average molecular weight is 238 g/mol. The average Bonchev–Trinajstić information content (AvgIpc) is 2.63. The minimum Gasteiger partial charge on any atom is -0.312 e. The topological polar surface area (TPSA) is 33.1 Å². The molecule has 1 aromatic heterocycles. The summed E-state index contributed by atoms with van der Waals surface area (Å²) in [5.41, 5.74) is 1.25. The first-order valence-electron chi connectivity index (χ1n) is 6.27. The molecule has 1 unspecified atom stereocenters. The molecule has 98 valence electrons. The molecule has 0 saturated heterocycles. The highest BCUT2D eigenvalue weighted by molar-refractivity contribution is 5.05. The minimum absolute atomic E-state index is 0.105. The number of hydrogen-bond acceptors (Lipinski definition) is 3. The fourth-order valence-corrected chi connectivity index (χ4v) is 1.91. The molecule has 1 heterocycles. The fourth-order valence-electron chi connectivity index (χ4n) is 1.91. The summed E-state index contributed by atoms with van der Waals surface area (Å²) in [6.45, 7) is 7.67. The van der Waals surface area contributed by atoms with Crippen LogP contribution in [0.5, 0.6) is 0 Å². The molecule has 0 radical (unpaired) electrons. The van der Waals surface area contributed by atoms with Gasteiger partial charge in [-0.3, -0.25) is 4.68 Å². The second-order valence-corrected chi connectivity index (χ2v) is 5.34. The highest BCUT2D eigenvalue weighted by atomic mass is 15.3. The van der Waals surface area contributed by atoms with Crippen LogP contribution in [0.1, 0.15) is 26.5 Å². The van der Waals surface area contributed by atoms with Crippen molar-refractivity contribution in [3.05, 3.63) is 18.0 Å². The molecule has 1 aromatic rings. The Bertz CT molecular complexity index is 341. The molecule has 4 heteroatoms. The summed E-state index contributed by atoms with van der Waals surface area (Å²) in [7, 11) is 6.22. The first-order valence-corrected chi connectivity index (χ1v) is 6.27. The molecule has 0 aromatic carbocycles. The van der Waals surface area contributed by atoms with Gasteiger partial charge >= 0.3 is 0 Å². The summed E-state index contributed by atoms with van der Waals surface area (Å²) in [6, 6.07) is 2.49. The summed E-state index contributed by atoms with van der Waals surface area (Å²) >= 11 is 0. The van der Waals surface area contributed by atoms with E-state index in [2.05, 4.69) is 56.2 Å². The van der Waals surface area contributed by atoms with Gasteiger partial charge in [0.2, 0.25) is 0 Å². The van der Waals surface area contributed by atoms with Crippen LogP contribution in [0.4, 0.5) is 0 Å². The van der Waals surface area contributed by atoms with Crippen molar-refractivity contribution in [3.63, 3.8) is 0 Å². The smallest absolute Gasteiger partial charge is 0.0640 e. The van der Waals surface area contributed by atoms with Crippen molar-refractivity contribution in [2.75, 3.05) is 20.6 Å². The van der Waals surface area contributed by atoms with E-state index in [-0.39, 0.29) is 5.54 Å². The van der Waals surface area contributed by atoms with Gasteiger partial charge in [-0.1, -0.05) is 6.92 Å². The Morgan fingerprint density at radius 2 is 2.12 bits per heavy atom. The quantitative estimate of drug-likeness (QED) is 0.810. The van der Waals surface area contributed by atoms with E-state index in [0.717, 1.165) is 18.7 Å². The van der Waals surface area contributed by atoms with Crippen molar-refractivity contribution >= 4 is 0 Å². The molecule has 17 heavy (non-hydrogen) atoms. The van der Waals surface area contributed by atoms with Gasteiger partial charge in [0.15, 0.2) is 0 Å². The molecular weight excluding hydrogens is 212 g/mol. The van der Waals surface area contributed by atoms with Crippen LogP contribution in [0.3, 0.4) is 0 Å². The molecule has 0 bridgehead atoms. The van der Waals surface area contributed by atoms with E-state index in [0.29, 0.717) is 6.04 Å². The Morgan fingerprint density at radius 1 is 1.47 bits per heavy atom. The second kappa shape index (κ2) is 5.65. The zero-order chi connectivity index (χ0) is 13.1. The molecule has 1 rings (SSSR count). The van der Waals surface area contributed by atoms with Gasteiger partial charge in [-0.2, -0.15) is 5.10 Å². The lowest BCUT2D eigenvalue weighted by atomic mass is 9.89. The number of rotatable bonds is 6. The van der Waals surface area contributed by atoms with Crippen LogP contribution in [-0.4, -0.2) is 46.9 Å². The van der Waals surface area contributed by atoms with Gasteiger partial charge < -0.3 is 10.2 Å². The van der Waals surface area contributed by atoms with Gasteiger partial charge in [-0.25, -0.2) is 0 Å². The Morgan fingerprint density at radius 3 is 2.53 bits per heavy atom. The van der Waals surface area contributed by atoms with Gasteiger partial charge in [0.05, 0.1) is 5.69 Å². The van der Waals surface area contributed by atoms with Gasteiger partial charge in [-0.05, 0) is 40.6 Å². The van der Waals surface area contributed by atoms with Crippen molar-refractivity contribution in [3.8, 4) is 0 Å². The van der Waals surface area contributed by atoms with E-state index in [1.807, 2.05) is 17.9 Å². The monoisotopic (exact) mass is 238 g/mol. The van der Waals surface area contributed by atoms with Crippen LogP contribution < -0.4 is 5.32 Å². The summed E-state index contributed by atoms with van der Waals surface area (Å²) in [6.07, 6.45) is 2.96. The van der Waals surface area contributed by atoms with E-state index < -0.39 is 0 Å². The van der Waals surface area contributed by atoms with Crippen LogP contribution in [0, 0.1) is 0 Å². The van der Waals surface area contributed by atoms with Crippen LogP contribution in [0.2, 0.25) is 0 Å². The zero-order valence-electron chi connectivity index (χ0n) is 12.0. The first kappa shape index (κ1) is 14.2. The highest BCUT2D eigenvalue weighted by Crippen LogP contribution is 2.19. The number of aryl methyl sites for hydroxylation is 1. The Kier molecular flexibility index (Phi) is 4.71. The molecule has 0 aliphatic rings. The van der Waals surface area contributed by atoms with Gasteiger partial charge in [0.25, 0.3) is 0 Å². The SMILES string of the molecule is CCNC(Cc1ccn(C)n1)C(C)(C)N(C)C. The zero-order valence-corrected chi connectivity index (χ0v) is 12.0. The van der Waals surface area contributed by atoms with Crippen molar-refractivity contribution in [2.45, 2.75) is 38.8 Å². The standard InChI is InChI=1S/C13H26N4/c1-7-14-12(13(2,3)16(4)5)10-11-8-9-17(6)15-11/h8-9,12,14H,7,10H2,1-6H3. The Labute approximate surface area is 105 Å². The van der Waals surface area contributed by atoms with E-state index >= 15 is 0 Å². The molecule has 4 nitrogen and oxygen atoms in total. The minimum atomic E-state index is 0.105. The number of nitrogens with zero attached hydrogens (tertiary/aromatic N) is 3. The van der Waals surface area contributed by atoms with Gasteiger partial charge in [0.1, 0.15) is 0 Å². The van der Waals surface area contributed by atoms with Crippen molar-refractivity contribution < 1.29 is 0 Å². The lowest BCUT2D eigenvalue weighted by Crippen LogP contribution is -2.56. The first-order chi connectivity index (χ1) is 7.87. The van der Waals surface area contributed by atoms with Gasteiger partial charge in [-0.15, -0.1) is 0 Å². The number of likely N-dealkylation sites (N-methyl/N-ethyl adjacent to an activating group) is 2. The van der Waals surface area contributed by atoms with E-state index in [9.17, 15) is 0 Å². The molecule has 1 atom stereocenters. The number of hydrogen-bond donors (Lipinski definition) is 1. The summed E-state index contributed by atoms with van der Waals surface area (Å²) in [4.78, 5) is 2.27. The van der Waals surface area contributed by atoms with Crippen molar-refractivity contribution in [2.24, 2.45) is 7.05 Å². The maximum atomic E-state index is 4.46. The third-order valence-corrected chi connectivity index (χ3v) is 3.64. The molecule has 0 saturated carbocycles. The molecular formula is C13H26N4. The summed E-state index contributed by atoms with van der Waals surface area (Å²) < 4.78 is 1.86. The van der Waals surface area contributed by atoms with Crippen molar-refractivity contribution in [1.29, 1.82) is 0 Å². The predicted molar refractivity (Wildman–Crippen MR) is 72.1 cm³/mol. The van der Waals surface area contributed by atoms with E-state index in [4.69, 9.17) is 0 Å². The third kappa shape index (κ3) is 3.54. The second-order valence-electron chi connectivity index (χ2n) is 5.34. The summed E-state index contributed by atoms with van der Waals surface area (Å²) in [5.74, 6) is 0.